The minimum Gasteiger partial charge on any atom is -0.478 e. The summed E-state index contributed by atoms with van der Waals surface area (Å²) in [5.74, 6) is 0.361. The van der Waals surface area contributed by atoms with Crippen molar-refractivity contribution in [1.29, 1.82) is 0 Å². The summed E-state index contributed by atoms with van der Waals surface area (Å²) in [6.07, 6.45) is 3.63. The predicted octanol–water partition coefficient (Wildman–Crippen LogP) is 6.05. The maximum Gasteiger partial charge on any atom is 0.220 e. The Morgan fingerprint density at radius 3 is 1.74 bits per heavy atom. The third-order valence-corrected chi connectivity index (χ3v) is 6.84. The van der Waals surface area contributed by atoms with Crippen molar-refractivity contribution in [3.05, 3.63) is 12.7 Å². The van der Waals surface area contributed by atoms with E-state index in [2.05, 4.69) is 48.1 Å². The van der Waals surface area contributed by atoms with Gasteiger partial charge < -0.3 is 9.47 Å². The molecule has 3 atom stereocenters. The molecule has 0 saturated heterocycles. The molecule has 3 nitrogen and oxygen atoms in total. The number of carbonyl (C=O) groups is 1. The van der Waals surface area contributed by atoms with Crippen LogP contribution in [0.15, 0.2) is 12.7 Å². The molecule has 0 aromatic rings. The highest BCUT2D eigenvalue weighted by Gasteiger charge is 2.51. The number of allylic oxidation sites excluding steroid dienone is 1. The van der Waals surface area contributed by atoms with Gasteiger partial charge in [0.2, 0.25) is 8.77 Å². The fourth-order valence-electron chi connectivity index (χ4n) is 2.35. The Balaban J connectivity index is 2.62. The average Bonchev–Trinajstić information content (AvgIpc) is 2.54. The van der Waals surface area contributed by atoms with E-state index in [1.54, 1.807) is 0 Å². The van der Waals surface area contributed by atoms with Crippen LogP contribution in [-0.2, 0) is 14.3 Å². The summed E-state index contributed by atoms with van der Waals surface area (Å²) in [4.78, 5) is 12.7. The molecule has 0 bridgehead atoms. The Bertz CT molecular complexity index is 519. The summed E-state index contributed by atoms with van der Waals surface area (Å²) in [7, 11) is 0. The molecule has 1 aliphatic rings. The Kier molecular flexibility index (Phi) is 9.79. The van der Waals surface area contributed by atoms with E-state index in [0.29, 0.717) is 22.0 Å². The third kappa shape index (κ3) is 9.29. The van der Waals surface area contributed by atoms with Gasteiger partial charge in [-0.3, -0.25) is 4.79 Å². The molecule has 1 fully saturated rings. The fraction of sp³-hybridized carbons (Fsp3) is 0.750. The van der Waals surface area contributed by atoms with Gasteiger partial charge in [0.05, 0.1) is 23.7 Å². The van der Waals surface area contributed by atoms with Crippen LogP contribution in [0.25, 0.3) is 0 Å². The van der Waals surface area contributed by atoms with Crippen LogP contribution in [0, 0.1) is 16.7 Å². The SMILES string of the molecule is C=CCCC1[C@H](SC(=S)OCC(C)(C)C)C(=O)[C@@H]1SC(=S)OCC(C)(C)C. The molecule has 27 heavy (non-hydrogen) atoms. The van der Waals surface area contributed by atoms with Crippen LogP contribution in [0.5, 0.6) is 0 Å². The summed E-state index contributed by atoms with van der Waals surface area (Å²) in [5.41, 5.74) is 0.0664. The van der Waals surface area contributed by atoms with Gasteiger partial charge in [-0.1, -0.05) is 71.1 Å². The van der Waals surface area contributed by atoms with Gasteiger partial charge in [0.15, 0.2) is 5.78 Å². The predicted molar refractivity (Wildman–Crippen MR) is 127 cm³/mol. The standard InChI is InChI=1S/C20H32O3S4/c1-8-9-10-13-15(26-17(24)22-11-19(2,3)4)14(21)16(13)27-18(25)23-12-20(5,6)7/h8,13,15-16H,1,9-12H2,2-7H3/t13?,15-,16+. The highest BCUT2D eigenvalue weighted by Crippen LogP contribution is 2.45. The molecule has 0 aromatic carbocycles. The van der Waals surface area contributed by atoms with Crippen molar-refractivity contribution in [1.82, 2.24) is 0 Å². The summed E-state index contributed by atoms with van der Waals surface area (Å²) < 4.78 is 12.2. The lowest BCUT2D eigenvalue weighted by atomic mass is 9.79. The van der Waals surface area contributed by atoms with Crippen LogP contribution in [0.3, 0.4) is 0 Å². The zero-order chi connectivity index (χ0) is 20.8. The molecular formula is C20H32O3S4. The normalized spacial score (nSPS) is 22.7. The summed E-state index contributed by atoms with van der Waals surface area (Å²) in [6, 6.07) is 0. The Morgan fingerprint density at radius 2 is 1.41 bits per heavy atom. The van der Waals surface area contributed by atoms with E-state index in [1.165, 1.54) is 23.5 Å². The zero-order valence-corrected chi connectivity index (χ0v) is 20.5. The molecule has 0 radical (unpaired) electrons. The number of ether oxygens (including phenoxy) is 2. The van der Waals surface area contributed by atoms with Gasteiger partial charge in [-0.2, -0.15) is 0 Å². The quantitative estimate of drug-likeness (QED) is 0.346. The van der Waals surface area contributed by atoms with Crippen LogP contribution in [0.4, 0.5) is 0 Å². The highest BCUT2D eigenvalue weighted by atomic mass is 32.2. The molecule has 1 saturated carbocycles. The number of hydrogen-bond acceptors (Lipinski definition) is 7. The number of rotatable bonds is 7. The molecule has 7 heteroatoms. The Hall–Kier alpha value is -0.110. The van der Waals surface area contributed by atoms with Crippen LogP contribution >= 0.6 is 48.0 Å². The first-order chi connectivity index (χ1) is 12.3. The first kappa shape index (κ1) is 24.9. The van der Waals surface area contributed by atoms with Crippen molar-refractivity contribution in [3.8, 4) is 0 Å². The molecule has 1 unspecified atom stereocenters. The summed E-state index contributed by atoms with van der Waals surface area (Å²) in [5, 5.41) is -0.333. The topological polar surface area (TPSA) is 35.5 Å². The van der Waals surface area contributed by atoms with E-state index in [-0.39, 0.29) is 33.0 Å². The number of carbonyl (C=O) groups excluding carboxylic acids is 1. The van der Waals surface area contributed by atoms with Crippen LogP contribution in [0.2, 0.25) is 0 Å². The highest BCUT2D eigenvalue weighted by molar-refractivity contribution is 8.25. The van der Waals surface area contributed by atoms with Gasteiger partial charge in [0, 0.05) is 0 Å². The van der Waals surface area contributed by atoms with Gasteiger partial charge in [0.25, 0.3) is 0 Å². The van der Waals surface area contributed by atoms with E-state index in [4.69, 9.17) is 33.9 Å². The average molecular weight is 449 g/mol. The molecule has 1 rings (SSSR count). The van der Waals surface area contributed by atoms with Crippen molar-refractivity contribution in [3.63, 3.8) is 0 Å². The molecule has 0 aromatic heterocycles. The second-order valence-corrected chi connectivity index (χ2v) is 12.7. The lowest BCUT2D eigenvalue weighted by Crippen LogP contribution is -2.53. The van der Waals surface area contributed by atoms with Crippen LogP contribution in [-0.4, -0.2) is 38.3 Å². The largest absolute Gasteiger partial charge is 0.478 e. The van der Waals surface area contributed by atoms with Crippen molar-refractivity contribution in [2.24, 2.45) is 16.7 Å². The Morgan fingerprint density at radius 1 is 1.00 bits per heavy atom. The molecule has 0 heterocycles. The maximum absolute atomic E-state index is 12.7. The molecule has 0 spiro atoms. The summed E-state index contributed by atoms with van der Waals surface area (Å²) in [6.45, 7) is 17.4. The van der Waals surface area contributed by atoms with Crippen molar-refractivity contribution >= 4 is 62.5 Å². The van der Waals surface area contributed by atoms with Crippen molar-refractivity contribution < 1.29 is 14.3 Å². The van der Waals surface area contributed by atoms with Crippen molar-refractivity contribution in [2.45, 2.75) is 64.9 Å². The first-order valence-electron chi connectivity index (χ1n) is 9.15. The Labute approximate surface area is 183 Å². The molecule has 0 amide bonds. The van der Waals surface area contributed by atoms with Crippen molar-refractivity contribution in [2.75, 3.05) is 13.2 Å². The maximum atomic E-state index is 12.7. The molecular weight excluding hydrogens is 416 g/mol. The fourth-order valence-corrected chi connectivity index (χ4v) is 5.41. The third-order valence-electron chi connectivity index (χ3n) is 3.74. The lowest BCUT2D eigenvalue weighted by molar-refractivity contribution is -0.125. The van der Waals surface area contributed by atoms with E-state index >= 15 is 0 Å². The number of ketones is 1. The van der Waals surface area contributed by atoms with Crippen LogP contribution < -0.4 is 0 Å². The number of thioether (sulfide) groups is 2. The minimum absolute atomic E-state index is 0.0332. The van der Waals surface area contributed by atoms with Gasteiger partial charge in [-0.05, 0) is 54.0 Å². The number of thiocarbonyl (C=S) groups is 2. The smallest absolute Gasteiger partial charge is 0.220 e. The van der Waals surface area contributed by atoms with Gasteiger partial charge in [0.1, 0.15) is 0 Å². The second kappa shape index (κ2) is 10.6. The van der Waals surface area contributed by atoms with E-state index in [0.717, 1.165) is 12.8 Å². The van der Waals surface area contributed by atoms with Gasteiger partial charge in [-0.25, -0.2) is 0 Å². The monoisotopic (exact) mass is 448 g/mol. The molecule has 1 aliphatic carbocycles. The number of Topliss-reactive ketones (excluding diaryl/α,β-unsaturated/α-hetero) is 1. The zero-order valence-electron chi connectivity index (χ0n) is 17.2. The molecule has 154 valence electrons. The van der Waals surface area contributed by atoms with E-state index < -0.39 is 0 Å². The van der Waals surface area contributed by atoms with Crippen LogP contribution in [0.1, 0.15) is 54.4 Å². The van der Waals surface area contributed by atoms with Gasteiger partial charge in [-0.15, -0.1) is 6.58 Å². The number of hydrogen-bond donors (Lipinski definition) is 0. The second-order valence-electron chi connectivity index (χ2n) is 9.21. The molecule has 0 aliphatic heterocycles. The van der Waals surface area contributed by atoms with Gasteiger partial charge >= 0.3 is 0 Å². The van der Waals surface area contributed by atoms with E-state index in [9.17, 15) is 4.79 Å². The first-order valence-corrected chi connectivity index (χ1v) is 11.7. The minimum atomic E-state index is -0.166. The lowest BCUT2D eigenvalue weighted by Gasteiger charge is -2.41. The van der Waals surface area contributed by atoms with E-state index in [1.807, 2.05) is 6.08 Å². The molecule has 0 N–H and O–H groups in total. The summed E-state index contributed by atoms with van der Waals surface area (Å²) >= 11 is 13.4.